The van der Waals surface area contributed by atoms with Gasteiger partial charge in [-0.2, -0.15) is 0 Å². The van der Waals surface area contributed by atoms with E-state index in [0.29, 0.717) is 19.5 Å². The van der Waals surface area contributed by atoms with Gasteiger partial charge >= 0.3 is 6.03 Å². The molecule has 0 aromatic heterocycles. The lowest BCUT2D eigenvalue weighted by Crippen LogP contribution is -2.50. The summed E-state index contributed by atoms with van der Waals surface area (Å²) in [4.78, 5) is 39.6. The van der Waals surface area contributed by atoms with Crippen molar-refractivity contribution in [2.24, 2.45) is 0 Å². The number of benzene rings is 1. The van der Waals surface area contributed by atoms with Gasteiger partial charge in [-0.1, -0.05) is 6.07 Å². The van der Waals surface area contributed by atoms with E-state index >= 15 is 0 Å². The second kappa shape index (κ2) is 7.23. The number of hydrogen-bond donors (Lipinski definition) is 2. The fraction of sp³-hybridized carbons (Fsp3) is 0.500. The van der Waals surface area contributed by atoms with Crippen LogP contribution in [0.15, 0.2) is 24.3 Å². The van der Waals surface area contributed by atoms with Crippen molar-refractivity contribution in [3.8, 4) is 5.75 Å². The average Bonchev–Trinajstić information content (AvgIpc) is 2.92. The highest BCUT2D eigenvalue weighted by molar-refractivity contribution is 6.06. The fourth-order valence-corrected chi connectivity index (χ4v) is 3.29. The molecule has 2 fully saturated rings. The highest BCUT2D eigenvalue weighted by Gasteiger charge is 2.42. The maximum absolute atomic E-state index is 12.5. The van der Waals surface area contributed by atoms with E-state index in [4.69, 9.17) is 4.74 Å². The largest absolute Gasteiger partial charge is 0.497 e. The Bertz CT molecular complexity index is 715. The Kier molecular flexibility index (Phi) is 5.01. The molecule has 0 radical (unpaired) electrons. The van der Waals surface area contributed by atoms with Crippen LogP contribution in [0.2, 0.25) is 0 Å². The van der Waals surface area contributed by atoms with Gasteiger partial charge in [0.1, 0.15) is 11.3 Å². The smallest absolute Gasteiger partial charge is 0.322 e. The number of rotatable bonds is 5. The second-order valence-electron chi connectivity index (χ2n) is 6.81. The van der Waals surface area contributed by atoms with Gasteiger partial charge in [0.15, 0.2) is 0 Å². The second-order valence-corrected chi connectivity index (χ2v) is 6.81. The minimum atomic E-state index is -1.00. The summed E-state index contributed by atoms with van der Waals surface area (Å²) in [6, 6.07) is 7.37. The lowest BCUT2D eigenvalue weighted by atomic mass is 9.96. The Morgan fingerprint density at radius 3 is 2.58 bits per heavy atom. The first kappa shape index (κ1) is 18.0. The minimum Gasteiger partial charge on any atom is -0.497 e. The molecule has 1 aromatic carbocycles. The lowest BCUT2D eigenvalue weighted by Gasteiger charge is -2.36. The highest BCUT2D eigenvalue weighted by atomic mass is 16.5. The first-order valence-electron chi connectivity index (χ1n) is 8.72. The van der Waals surface area contributed by atoms with E-state index in [0.717, 1.165) is 24.5 Å². The number of ether oxygens (including phenoxy) is 1. The molecule has 2 aliphatic rings. The fourth-order valence-electron chi connectivity index (χ4n) is 3.29. The number of carbonyl (C=O) groups is 3. The Morgan fingerprint density at radius 2 is 1.96 bits per heavy atom. The predicted octanol–water partition coefficient (Wildman–Crippen LogP) is 0.722. The van der Waals surface area contributed by atoms with Crippen LogP contribution < -0.4 is 20.3 Å². The van der Waals surface area contributed by atoms with Gasteiger partial charge < -0.3 is 19.9 Å². The highest BCUT2D eigenvalue weighted by Crippen LogP contribution is 2.23. The van der Waals surface area contributed by atoms with Gasteiger partial charge in [-0.25, -0.2) is 4.79 Å². The third-order valence-corrected chi connectivity index (χ3v) is 5.01. The third-order valence-electron chi connectivity index (χ3n) is 5.01. The molecule has 2 aliphatic heterocycles. The average molecular weight is 360 g/mol. The van der Waals surface area contributed by atoms with Crippen LogP contribution in [0.1, 0.15) is 19.8 Å². The van der Waals surface area contributed by atoms with E-state index in [1.807, 2.05) is 29.2 Å². The van der Waals surface area contributed by atoms with Crippen LogP contribution in [0.3, 0.4) is 0 Å². The van der Waals surface area contributed by atoms with Gasteiger partial charge in [0.2, 0.25) is 5.91 Å². The van der Waals surface area contributed by atoms with E-state index in [9.17, 15) is 14.4 Å². The lowest BCUT2D eigenvalue weighted by molar-refractivity contribution is -0.132. The molecule has 2 N–H and O–H groups in total. The van der Waals surface area contributed by atoms with Crippen molar-refractivity contribution in [3.63, 3.8) is 0 Å². The van der Waals surface area contributed by atoms with E-state index in [1.165, 1.54) is 0 Å². The van der Waals surface area contributed by atoms with Crippen molar-refractivity contribution in [3.05, 3.63) is 24.3 Å². The zero-order chi connectivity index (χ0) is 18.7. The quantitative estimate of drug-likeness (QED) is 0.755. The van der Waals surface area contributed by atoms with Crippen LogP contribution in [0.5, 0.6) is 5.75 Å². The molecule has 0 spiro atoms. The van der Waals surface area contributed by atoms with E-state index in [1.54, 1.807) is 14.0 Å². The normalized spacial score (nSPS) is 22.8. The molecular weight excluding hydrogens is 336 g/mol. The summed E-state index contributed by atoms with van der Waals surface area (Å²) in [5, 5.41) is 4.80. The van der Waals surface area contributed by atoms with Crippen molar-refractivity contribution in [2.45, 2.75) is 25.3 Å². The number of carbonyl (C=O) groups excluding carboxylic acids is 3. The number of methoxy groups -OCH3 is 1. The summed E-state index contributed by atoms with van der Waals surface area (Å²) < 4.78 is 5.26. The maximum atomic E-state index is 12.5. The van der Waals surface area contributed by atoms with Crippen LogP contribution in [0.25, 0.3) is 0 Å². The maximum Gasteiger partial charge on any atom is 0.322 e. The molecule has 8 nitrogen and oxygen atoms in total. The summed E-state index contributed by atoms with van der Waals surface area (Å²) in [6.07, 6.45) is 0.517. The molecule has 1 aromatic rings. The first-order valence-corrected chi connectivity index (χ1v) is 8.72. The van der Waals surface area contributed by atoms with Gasteiger partial charge in [0.25, 0.3) is 5.91 Å². The standard InChI is InChI=1S/C18H24N4O4/c1-18(16(24)19-17(25)20-18)7-6-15(23)22-10-8-21(9-11-22)13-4-3-5-14(12-13)26-2/h3-5,12H,6-11H2,1-2H3,(H2,19,20,24,25). The van der Waals surface area contributed by atoms with Crippen molar-refractivity contribution in [2.75, 3.05) is 38.2 Å². The zero-order valence-electron chi connectivity index (χ0n) is 15.1. The van der Waals surface area contributed by atoms with Crippen molar-refractivity contribution in [1.29, 1.82) is 0 Å². The number of nitrogens with zero attached hydrogens (tertiary/aromatic N) is 2. The summed E-state index contributed by atoms with van der Waals surface area (Å²) in [6.45, 7) is 4.39. The summed E-state index contributed by atoms with van der Waals surface area (Å²) >= 11 is 0. The number of imide groups is 1. The SMILES string of the molecule is COc1cccc(N2CCN(C(=O)CCC3(C)NC(=O)NC3=O)CC2)c1. The summed E-state index contributed by atoms with van der Waals surface area (Å²) in [7, 11) is 1.64. The van der Waals surface area contributed by atoms with Gasteiger partial charge in [0.05, 0.1) is 7.11 Å². The van der Waals surface area contributed by atoms with Crippen molar-refractivity contribution in [1.82, 2.24) is 15.5 Å². The topological polar surface area (TPSA) is 91.0 Å². The molecule has 0 aliphatic carbocycles. The van der Waals surface area contributed by atoms with Gasteiger partial charge in [-0.05, 0) is 25.5 Å². The third kappa shape index (κ3) is 3.74. The molecule has 1 unspecified atom stereocenters. The molecule has 0 saturated carbocycles. The molecule has 4 amide bonds. The Hall–Kier alpha value is -2.77. The number of amides is 4. The molecule has 0 bridgehead atoms. The van der Waals surface area contributed by atoms with Gasteiger partial charge in [0, 0.05) is 44.4 Å². The predicted molar refractivity (Wildman–Crippen MR) is 96.1 cm³/mol. The minimum absolute atomic E-state index is 0.00506. The number of hydrogen-bond acceptors (Lipinski definition) is 5. The number of urea groups is 1. The molecule has 8 heteroatoms. The zero-order valence-corrected chi connectivity index (χ0v) is 15.1. The van der Waals surface area contributed by atoms with Crippen LogP contribution in [0, 0.1) is 0 Å². The molecule has 26 heavy (non-hydrogen) atoms. The number of piperazine rings is 1. The van der Waals surface area contributed by atoms with E-state index in [2.05, 4.69) is 15.5 Å². The molecule has 140 valence electrons. The van der Waals surface area contributed by atoms with Crippen LogP contribution in [0.4, 0.5) is 10.5 Å². The Morgan fingerprint density at radius 1 is 1.23 bits per heavy atom. The Labute approximate surface area is 152 Å². The van der Waals surface area contributed by atoms with Crippen LogP contribution in [-0.2, 0) is 9.59 Å². The van der Waals surface area contributed by atoms with E-state index in [-0.39, 0.29) is 18.2 Å². The molecular formula is C18H24N4O4. The first-order chi connectivity index (χ1) is 12.4. The molecule has 2 heterocycles. The van der Waals surface area contributed by atoms with Crippen LogP contribution >= 0.6 is 0 Å². The van der Waals surface area contributed by atoms with Gasteiger partial charge in [-0.15, -0.1) is 0 Å². The van der Waals surface area contributed by atoms with Crippen molar-refractivity contribution >= 4 is 23.5 Å². The van der Waals surface area contributed by atoms with Crippen molar-refractivity contribution < 1.29 is 19.1 Å². The van der Waals surface area contributed by atoms with Crippen LogP contribution in [-0.4, -0.2) is 61.6 Å². The Balaban J connectivity index is 1.50. The molecule has 3 rings (SSSR count). The number of anilines is 1. The van der Waals surface area contributed by atoms with E-state index < -0.39 is 11.6 Å². The molecule has 2 saturated heterocycles. The monoisotopic (exact) mass is 360 g/mol. The summed E-state index contributed by atoms with van der Waals surface area (Å²) in [5.74, 6) is 0.440. The summed E-state index contributed by atoms with van der Waals surface area (Å²) in [5.41, 5.74) is 0.0733. The molecule has 1 atom stereocenters. The van der Waals surface area contributed by atoms with Gasteiger partial charge in [-0.3, -0.25) is 14.9 Å². The number of nitrogens with one attached hydrogen (secondary N) is 2.